The Balaban J connectivity index is 0.00000113. The quantitative estimate of drug-likeness (QED) is 0.829. The largest absolute Gasteiger partial charge is 0.441 e. The number of likely N-dealkylation sites (N-methyl/N-ethyl adjacent to an activating group) is 1. The van der Waals surface area contributed by atoms with Crippen LogP contribution in [0.15, 0.2) is 6.07 Å². The molecule has 0 bridgehead atoms. The lowest BCUT2D eigenvalue weighted by Gasteiger charge is -2.37. The maximum Gasteiger partial charge on any atom is 0.410 e. The summed E-state index contributed by atoms with van der Waals surface area (Å²) in [6, 6.07) is 2.23. The summed E-state index contributed by atoms with van der Waals surface area (Å²) in [5, 5.41) is 8.19. The lowest BCUT2D eigenvalue weighted by Crippen LogP contribution is -2.46. The van der Waals surface area contributed by atoms with Crippen LogP contribution in [0.1, 0.15) is 30.7 Å². The van der Waals surface area contributed by atoms with Gasteiger partial charge in [0.2, 0.25) is 0 Å². The van der Waals surface area contributed by atoms with Gasteiger partial charge in [0.25, 0.3) is 0 Å². The second-order valence-corrected chi connectivity index (χ2v) is 7.06. The molecule has 2 fully saturated rings. The molecule has 0 aliphatic carbocycles. The zero-order valence-electron chi connectivity index (χ0n) is 14.6. The van der Waals surface area contributed by atoms with Crippen LogP contribution in [-0.2, 0) is 24.4 Å². The number of hydrogen-bond donors (Lipinski definition) is 1. The summed E-state index contributed by atoms with van der Waals surface area (Å²) >= 11 is 0. The van der Waals surface area contributed by atoms with Gasteiger partial charge in [0.1, 0.15) is 5.60 Å². The summed E-state index contributed by atoms with van der Waals surface area (Å²) < 4.78 is 7.76. The highest BCUT2D eigenvalue weighted by molar-refractivity contribution is 5.85. The number of ether oxygens (including phenoxy) is 1. The molecule has 1 spiro atoms. The minimum absolute atomic E-state index is 0. The number of aryl methyl sites for hydroxylation is 1. The zero-order chi connectivity index (χ0) is 15.9. The summed E-state index contributed by atoms with van der Waals surface area (Å²) in [5.74, 6) is 0. The van der Waals surface area contributed by atoms with Crippen molar-refractivity contribution >= 4 is 30.9 Å². The zero-order valence-corrected chi connectivity index (χ0v) is 16.2. The average molecular weight is 392 g/mol. The van der Waals surface area contributed by atoms with Gasteiger partial charge in [-0.25, -0.2) is 4.79 Å². The van der Waals surface area contributed by atoms with Gasteiger partial charge >= 0.3 is 6.09 Å². The first-order valence-corrected chi connectivity index (χ1v) is 8.56. The molecule has 3 aliphatic rings. The van der Waals surface area contributed by atoms with Crippen LogP contribution in [0.25, 0.3) is 0 Å². The van der Waals surface area contributed by atoms with Crippen molar-refractivity contribution in [1.82, 2.24) is 24.9 Å². The van der Waals surface area contributed by atoms with Gasteiger partial charge in [-0.2, -0.15) is 5.10 Å². The molecule has 4 heterocycles. The molecule has 25 heavy (non-hydrogen) atoms. The molecule has 2 saturated heterocycles. The van der Waals surface area contributed by atoms with E-state index in [2.05, 4.69) is 21.0 Å². The maximum absolute atomic E-state index is 11.6. The van der Waals surface area contributed by atoms with E-state index in [1.807, 2.05) is 7.05 Å². The number of nitrogens with one attached hydrogen (secondary N) is 1. The number of fused-ring (bicyclic) bond motifs is 1. The van der Waals surface area contributed by atoms with Crippen LogP contribution in [0.4, 0.5) is 4.79 Å². The van der Waals surface area contributed by atoms with E-state index in [-0.39, 0.29) is 36.5 Å². The Morgan fingerprint density at radius 3 is 2.72 bits per heavy atom. The topological polar surface area (TPSA) is 62.6 Å². The van der Waals surface area contributed by atoms with E-state index in [4.69, 9.17) is 9.84 Å². The number of halogens is 2. The number of piperidine rings is 1. The van der Waals surface area contributed by atoms with E-state index in [9.17, 15) is 4.79 Å². The van der Waals surface area contributed by atoms with Crippen LogP contribution in [0.3, 0.4) is 0 Å². The molecule has 0 aromatic carbocycles. The van der Waals surface area contributed by atoms with Gasteiger partial charge in [0, 0.05) is 52.6 Å². The Bertz CT molecular complexity index is 578. The van der Waals surface area contributed by atoms with Gasteiger partial charge in [0.15, 0.2) is 0 Å². The molecule has 1 N–H and O–H groups in total. The van der Waals surface area contributed by atoms with Gasteiger partial charge in [-0.1, -0.05) is 0 Å². The summed E-state index contributed by atoms with van der Waals surface area (Å²) in [4.78, 5) is 15.7. The van der Waals surface area contributed by atoms with Crippen LogP contribution < -0.4 is 5.32 Å². The maximum atomic E-state index is 11.6. The summed E-state index contributed by atoms with van der Waals surface area (Å²) in [6.45, 7) is 6.53. The third-order valence-corrected chi connectivity index (χ3v) is 5.24. The highest BCUT2D eigenvalue weighted by Gasteiger charge is 2.45. The van der Waals surface area contributed by atoms with E-state index >= 15 is 0 Å². The van der Waals surface area contributed by atoms with Crippen molar-refractivity contribution in [2.75, 3.05) is 33.2 Å². The molecule has 0 saturated carbocycles. The molecule has 0 unspecified atom stereocenters. The fourth-order valence-corrected chi connectivity index (χ4v) is 3.90. The van der Waals surface area contributed by atoms with Crippen LogP contribution in [0.5, 0.6) is 0 Å². The van der Waals surface area contributed by atoms with Crippen molar-refractivity contribution in [3.05, 3.63) is 17.5 Å². The molecule has 4 rings (SSSR count). The molecule has 9 heteroatoms. The van der Waals surface area contributed by atoms with Gasteiger partial charge in [-0.05, 0) is 19.0 Å². The molecule has 1 aromatic rings. The minimum Gasteiger partial charge on any atom is -0.441 e. The SMILES string of the molecule is CN1CC2(CCN(Cc3cc4n(n3)CCCNC4)CC2)OC1=O.Cl.Cl. The number of rotatable bonds is 2. The standard InChI is InChI=1S/C16H25N5O2.2ClH/c1-19-12-16(23-15(19)22)3-7-20(8-4-16)11-13-9-14-10-17-5-2-6-21(14)18-13;;/h9,17H,2-8,10-12H2,1H3;2*1H. The van der Waals surface area contributed by atoms with Crippen LogP contribution in [0, 0.1) is 0 Å². The fraction of sp³-hybridized carbons (Fsp3) is 0.750. The van der Waals surface area contributed by atoms with E-state index in [0.717, 1.165) is 70.8 Å². The number of amides is 1. The molecule has 1 amide bonds. The molecule has 0 radical (unpaired) electrons. The van der Waals surface area contributed by atoms with Gasteiger partial charge in [0.05, 0.1) is 17.9 Å². The Morgan fingerprint density at radius 1 is 1.28 bits per heavy atom. The second kappa shape index (κ2) is 8.12. The Morgan fingerprint density at radius 2 is 2.04 bits per heavy atom. The number of hydrogen-bond acceptors (Lipinski definition) is 5. The highest BCUT2D eigenvalue weighted by Crippen LogP contribution is 2.32. The predicted octanol–water partition coefficient (Wildman–Crippen LogP) is 1.64. The van der Waals surface area contributed by atoms with E-state index < -0.39 is 0 Å². The van der Waals surface area contributed by atoms with Crippen molar-refractivity contribution in [2.24, 2.45) is 0 Å². The number of carbonyl (C=O) groups excluding carboxylic acids is 1. The molecule has 142 valence electrons. The Kier molecular flexibility index (Phi) is 6.59. The van der Waals surface area contributed by atoms with Gasteiger partial charge in [-0.15, -0.1) is 24.8 Å². The van der Waals surface area contributed by atoms with E-state index in [0.29, 0.717) is 0 Å². The number of carbonyl (C=O) groups is 1. The first-order chi connectivity index (χ1) is 11.1. The summed E-state index contributed by atoms with van der Waals surface area (Å²) in [7, 11) is 1.82. The van der Waals surface area contributed by atoms with Crippen LogP contribution in [-0.4, -0.2) is 64.5 Å². The van der Waals surface area contributed by atoms with E-state index in [1.165, 1.54) is 5.69 Å². The highest BCUT2D eigenvalue weighted by atomic mass is 35.5. The summed E-state index contributed by atoms with van der Waals surface area (Å²) in [5.41, 5.74) is 2.19. The van der Waals surface area contributed by atoms with Crippen molar-refractivity contribution in [3.8, 4) is 0 Å². The Hall–Kier alpha value is -1.02. The number of likely N-dealkylation sites (tertiary alicyclic amines) is 1. The van der Waals surface area contributed by atoms with Gasteiger partial charge < -0.3 is 15.0 Å². The third kappa shape index (κ3) is 4.22. The van der Waals surface area contributed by atoms with Crippen molar-refractivity contribution in [3.63, 3.8) is 0 Å². The van der Waals surface area contributed by atoms with Gasteiger partial charge in [-0.3, -0.25) is 9.58 Å². The molecule has 3 aliphatic heterocycles. The number of nitrogens with zero attached hydrogens (tertiary/aromatic N) is 4. The van der Waals surface area contributed by atoms with E-state index in [1.54, 1.807) is 4.90 Å². The number of aromatic nitrogens is 2. The second-order valence-electron chi connectivity index (χ2n) is 7.06. The normalized spacial score (nSPS) is 22.6. The van der Waals surface area contributed by atoms with Crippen molar-refractivity contribution in [2.45, 2.75) is 44.5 Å². The molecule has 1 aromatic heterocycles. The van der Waals surface area contributed by atoms with Crippen LogP contribution in [0.2, 0.25) is 0 Å². The molecule has 0 atom stereocenters. The first kappa shape index (κ1) is 20.3. The fourth-order valence-electron chi connectivity index (χ4n) is 3.90. The monoisotopic (exact) mass is 391 g/mol. The smallest absolute Gasteiger partial charge is 0.410 e. The molecule has 7 nitrogen and oxygen atoms in total. The Labute approximate surface area is 160 Å². The summed E-state index contributed by atoms with van der Waals surface area (Å²) in [6.07, 6.45) is 2.79. The average Bonchev–Trinajstić information content (AvgIpc) is 2.94. The lowest BCUT2D eigenvalue weighted by atomic mass is 9.91. The van der Waals surface area contributed by atoms with Crippen LogP contribution >= 0.6 is 24.8 Å². The molecular formula is C16H27Cl2N5O2. The van der Waals surface area contributed by atoms with Crippen molar-refractivity contribution in [1.29, 1.82) is 0 Å². The predicted molar refractivity (Wildman–Crippen MR) is 99.4 cm³/mol. The first-order valence-electron chi connectivity index (χ1n) is 8.56. The van der Waals surface area contributed by atoms with Crippen molar-refractivity contribution < 1.29 is 9.53 Å². The lowest BCUT2D eigenvalue weighted by molar-refractivity contribution is -0.00149. The minimum atomic E-state index is -0.252. The third-order valence-electron chi connectivity index (χ3n) is 5.24. The molecular weight excluding hydrogens is 365 g/mol.